The van der Waals surface area contributed by atoms with E-state index in [0.717, 1.165) is 12.8 Å². The first-order valence-corrected chi connectivity index (χ1v) is 6.20. The van der Waals surface area contributed by atoms with Crippen molar-refractivity contribution >= 4 is 6.08 Å². The molecule has 0 aliphatic heterocycles. The summed E-state index contributed by atoms with van der Waals surface area (Å²) in [5.74, 6) is -1.33. The van der Waals surface area contributed by atoms with E-state index in [2.05, 4.69) is 4.99 Å². The van der Waals surface area contributed by atoms with Gasteiger partial charge in [-0.25, -0.2) is 13.6 Å². The average molecular weight is 267 g/mol. The largest absolute Gasteiger partial charge is 0.380 e. The van der Waals surface area contributed by atoms with Gasteiger partial charge in [-0.05, 0) is 18.9 Å². The van der Waals surface area contributed by atoms with Crippen molar-refractivity contribution in [3.63, 3.8) is 0 Å². The van der Waals surface area contributed by atoms with E-state index in [9.17, 15) is 13.6 Å². The van der Waals surface area contributed by atoms with Gasteiger partial charge in [0, 0.05) is 12.7 Å². The first-order valence-electron chi connectivity index (χ1n) is 6.20. The fraction of sp³-hybridized carbons (Fsp3) is 0.500. The molecule has 5 heteroatoms. The van der Waals surface area contributed by atoms with Crippen molar-refractivity contribution in [3.8, 4) is 0 Å². The van der Waals surface area contributed by atoms with Crippen molar-refractivity contribution in [2.24, 2.45) is 4.99 Å². The molecular formula is C14H15F2NO2. The highest BCUT2D eigenvalue weighted by atomic mass is 19.1. The minimum absolute atomic E-state index is 0.0556. The lowest BCUT2D eigenvalue weighted by molar-refractivity contribution is 0.180. The van der Waals surface area contributed by atoms with Gasteiger partial charge in [-0.2, -0.15) is 4.99 Å². The van der Waals surface area contributed by atoms with Crippen LogP contribution in [0.15, 0.2) is 17.1 Å². The molecule has 0 spiro atoms. The normalized spacial score (nSPS) is 17.2. The molecule has 1 aliphatic rings. The van der Waals surface area contributed by atoms with Crippen LogP contribution in [0.25, 0.3) is 0 Å². The lowest BCUT2D eigenvalue weighted by Gasteiger charge is -2.24. The maximum atomic E-state index is 14.4. The van der Waals surface area contributed by atoms with Gasteiger partial charge in [0.1, 0.15) is 17.2 Å². The van der Waals surface area contributed by atoms with Crippen molar-refractivity contribution < 1.29 is 18.3 Å². The van der Waals surface area contributed by atoms with E-state index in [1.165, 1.54) is 25.3 Å². The van der Waals surface area contributed by atoms with E-state index in [1.807, 2.05) is 0 Å². The molecule has 0 radical (unpaired) electrons. The molecule has 0 aromatic heterocycles. The number of isocyanates is 1. The number of aliphatic imine (C=N–C) groups is 1. The van der Waals surface area contributed by atoms with Gasteiger partial charge in [0.25, 0.3) is 0 Å². The van der Waals surface area contributed by atoms with Crippen molar-refractivity contribution in [2.75, 3.05) is 7.11 Å². The van der Waals surface area contributed by atoms with Gasteiger partial charge >= 0.3 is 0 Å². The van der Waals surface area contributed by atoms with Crippen LogP contribution in [0.3, 0.4) is 0 Å². The van der Waals surface area contributed by atoms with E-state index in [-0.39, 0.29) is 17.7 Å². The highest BCUT2D eigenvalue weighted by molar-refractivity contribution is 5.41. The van der Waals surface area contributed by atoms with Gasteiger partial charge in [0.15, 0.2) is 0 Å². The zero-order chi connectivity index (χ0) is 13.9. The Morgan fingerprint density at radius 1 is 1.37 bits per heavy atom. The SMILES string of the molecule is COCc1ccc(F)c(C2(N=C=O)CCCC2)c1F. The summed E-state index contributed by atoms with van der Waals surface area (Å²) < 4.78 is 33.3. The van der Waals surface area contributed by atoms with E-state index in [1.54, 1.807) is 0 Å². The molecule has 2 rings (SSSR count). The number of hydrogen-bond donors (Lipinski definition) is 0. The monoisotopic (exact) mass is 267 g/mol. The lowest BCUT2D eigenvalue weighted by atomic mass is 9.87. The predicted molar refractivity (Wildman–Crippen MR) is 65.3 cm³/mol. The molecule has 1 aromatic carbocycles. The maximum Gasteiger partial charge on any atom is 0.235 e. The topological polar surface area (TPSA) is 38.7 Å². The molecule has 102 valence electrons. The number of benzene rings is 1. The van der Waals surface area contributed by atoms with Crippen LogP contribution in [0, 0.1) is 11.6 Å². The molecule has 0 unspecified atom stereocenters. The first-order chi connectivity index (χ1) is 9.14. The summed E-state index contributed by atoms with van der Waals surface area (Å²) in [6.07, 6.45) is 3.98. The molecule has 0 heterocycles. The van der Waals surface area contributed by atoms with Gasteiger partial charge in [-0.3, -0.25) is 0 Å². The predicted octanol–water partition coefficient (Wildman–Crippen LogP) is 3.22. The average Bonchev–Trinajstić information content (AvgIpc) is 2.83. The Morgan fingerprint density at radius 3 is 2.63 bits per heavy atom. The van der Waals surface area contributed by atoms with Gasteiger partial charge in [0.2, 0.25) is 6.08 Å². The third-order valence-electron chi connectivity index (χ3n) is 3.63. The molecule has 0 saturated heterocycles. The number of methoxy groups -OCH3 is 1. The number of halogens is 2. The second kappa shape index (κ2) is 5.59. The van der Waals surface area contributed by atoms with Crippen LogP contribution in [0.2, 0.25) is 0 Å². The Morgan fingerprint density at radius 2 is 2.05 bits per heavy atom. The van der Waals surface area contributed by atoms with E-state index in [4.69, 9.17) is 4.74 Å². The van der Waals surface area contributed by atoms with Crippen molar-refractivity contribution in [1.82, 2.24) is 0 Å². The second-order valence-electron chi connectivity index (χ2n) is 4.77. The Kier molecular flexibility index (Phi) is 4.08. The minimum atomic E-state index is -1.10. The Labute approximate surface area is 110 Å². The molecule has 19 heavy (non-hydrogen) atoms. The quantitative estimate of drug-likeness (QED) is 0.620. The first kappa shape index (κ1) is 13.8. The molecule has 1 aliphatic carbocycles. The Hall–Kier alpha value is -1.58. The van der Waals surface area contributed by atoms with Crippen LogP contribution in [0.4, 0.5) is 8.78 Å². The van der Waals surface area contributed by atoms with Crippen LogP contribution in [-0.2, 0) is 21.7 Å². The molecule has 0 amide bonds. The maximum absolute atomic E-state index is 14.4. The minimum Gasteiger partial charge on any atom is -0.380 e. The summed E-state index contributed by atoms with van der Waals surface area (Å²) in [5.41, 5.74) is -0.950. The third kappa shape index (κ3) is 2.44. The summed E-state index contributed by atoms with van der Waals surface area (Å²) in [6, 6.07) is 2.55. The number of carbonyl (C=O) groups excluding carboxylic acids is 1. The van der Waals surface area contributed by atoms with Crippen LogP contribution < -0.4 is 0 Å². The van der Waals surface area contributed by atoms with Gasteiger partial charge in [0.05, 0.1) is 12.2 Å². The molecule has 1 fully saturated rings. The van der Waals surface area contributed by atoms with Gasteiger partial charge in [-0.15, -0.1) is 0 Å². The molecule has 3 nitrogen and oxygen atoms in total. The fourth-order valence-electron chi connectivity index (χ4n) is 2.75. The molecule has 0 N–H and O–H groups in total. The summed E-state index contributed by atoms with van der Waals surface area (Å²) in [7, 11) is 1.44. The van der Waals surface area contributed by atoms with Crippen LogP contribution in [0.5, 0.6) is 0 Å². The van der Waals surface area contributed by atoms with Crippen LogP contribution in [0.1, 0.15) is 36.8 Å². The third-order valence-corrected chi connectivity index (χ3v) is 3.63. The summed E-state index contributed by atoms with van der Waals surface area (Å²) in [6.45, 7) is 0.0556. The van der Waals surface area contributed by atoms with E-state index >= 15 is 0 Å². The number of ether oxygens (including phenoxy) is 1. The number of nitrogens with zero attached hydrogens (tertiary/aromatic N) is 1. The zero-order valence-corrected chi connectivity index (χ0v) is 10.7. The van der Waals surface area contributed by atoms with Crippen LogP contribution in [-0.4, -0.2) is 13.2 Å². The number of rotatable bonds is 4. The van der Waals surface area contributed by atoms with Crippen molar-refractivity contribution in [3.05, 3.63) is 34.9 Å². The molecule has 0 atom stereocenters. The van der Waals surface area contributed by atoms with Crippen molar-refractivity contribution in [2.45, 2.75) is 37.8 Å². The highest BCUT2D eigenvalue weighted by Crippen LogP contribution is 2.44. The standard InChI is InChI=1S/C14H15F2NO2/c1-19-8-10-4-5-11(15)12(13(10)16)14(17-9-18)6-2-3-7-14/h4-5H,2-3,6-8H2,1H3. The fourth-order valence-corrected chi connectivity index (χ4v) is 2.75. The zero-order valence-electron chi connectivity index (χ0n) is 10.7. The van der Waals surface area contributed by atoms with E-state index in [0.29, 0.717) is 12.8 Å². The Bertz CT molecular complexity index is 518. The Balaban J connectivity index is 2.59. The molecule has 1 aromatic rings. The molecular weight excluding hydrogens is 252 g/mol. The van der Waals surface area contributed by atoms with Crippen molar-refractivity contribution in [1.29, 1.82) is 0 Å². The summed E-state index contributed by atoms with van der Waals surface area (Å²) in [5, 5.41) is 0. The smallest absolute Gasteiger partial charge is 0.235 e. The van der Waals surface area contributed by atoms with Gasteiger partial charge < -0.3 is 4.74 Å². The molecule has 1 saturated carbocycles. The highest BCUT2D eigenvalue weighted by Gasteiger charge is 2.40. The van der Waals surface area contributed by atoms with E-state index < -0.39 is 17.2 Å². The van der Waals surface area contributed by atoms with Gasteiger partial charge in [-0.1, -0.05) is 18.9 Å². The van der Waals surface area contributed by atoms with Crippen LogP contribution >= 0.6 is 0 Å². The summed E-state index contributed by atoms with van der Waals surface area (Å²) >= 11 is 0. The second-order valence-corrected chi connectivity index (χ2v) is 4.77. The number of hydrogen-bond acceptors (Lipinski definition) is 3. The summed E-state index contributed by atoms with van der Waals surface area (Å²) in [4.78, 5) is 14.3. The lowest BCUT2D eigenvalue weighted by Crippen LogP contribution is -2.23. The molecule has 0 bridgehead atoms.